The molecule has 8 heteroatoms. The van der Waals surface area contributed by atoms with Crippen molar-refractivity contribution in [2.24, 2.45) is 0 Å². The summed E-state index contributed by atoms with van der Waals surface area (Å²) in [6, 6.07) is 14.1. The number of phenols is 1. The lowest BCUT2D eigenvalue weighted by molar-refractivity contribution is 0.0931. The number of nitrogens with one attached hydrogen (secondary N) is 2. The predicted molar refractivity (Wildman–Crippen MR) is 130 cm³/mol. The molecule has 2 amide bonds. The molecule has 1 aliphatic carbocycles. The van der Waals surface area contributed by atoms with E-state index >= 15 is 0 Å². The summed E-state index contributed by atoms with van der Waals surface area (Å²) in [5, 5.41) is 25.1. The maximum Gasteiger partial charge on any atom is 0.270 e. The van der Waals surface area contributed by atoms with Gasteiger partial charge in [0.25, 0.3) is 11.8 Å². The van der Waals surface area contributed by atoms with Crippen molar-refractivity contribution in [2.45, 2.75) is 51.6 Å². The molecule has 1 atom stereocenters. The van der Waals surface area contributed by atoms with E-state index in [1.807, 2.05) is 45.0 Å². The second-order valence-electron chi connectivity index (χ2n) is 9.66. The SMILES string of the molecule is CC(C)(C)c1ccc(CNC(=O)c2cc(C(=O)N[C@@H]3CCc4cc(C#N)ccc43)ncn2)cc1O. The maximum absolute atomic E-state index is 12.8. The average Bonchev–Trinajstić information content (AvgIpc) is 3.23. The van der Waals surface area contributed by atoms with Crippen molar-refractivity contribution in [1.29, 1.82) is 5.26 Å². The molecular weight excluding hydrogens is 442 g/mol. The van der Waals surface area contributed by atoms with Gasteiger partial charge >= 0.3 is 0 Å². The first-order valence-electron chi connectivity index (χ1n) is 11.4. The highest BCUT2D eigenvalue weighted by Gasteiger charge is 2.25. The maximum atomic E-state index is 12.8. The Hall–Kier alpha value is -4.25. The first-order valence-corrected chi connectivity index (χ1v) is 11.4. The van der Waals surface area contributed by atoms with Gasteiger partial charge in [0.15, 0.2) is 0 Å². The highest BCUT2D eigenvalue weighted by Crippen LogP contribution is 2.32. The van der Waals surface area contributed by atoms with Gasteiger partial charge in [0.05, 0.1) is 17.7 Å². The minimum atomic E-state index is -0.448. The van der Waals surface area contributed by atoms with Gasteiger partial charge in [-0.3, -0.25) is 9.59 Å². The average molecular weight is 470 g/mol. The molecule has 0 radical (unpaired) electrons. The number of aryl methyl sites for hydroxylation is 1. The predicted octanol–water partition coefficient (Wildman–Crippen LogP) is 3.70. The van der Waals surface area contributed by atoms with Gasteiger partial charge in [0.2, 0.25) is 0 Å². The van der Waals surface area contributed by atoms with Crippen LogP contribution in [0.1, 0.15) is 82.0 Å². The summed E-state index contributed by atoms with van der Waals surface area (Å²) in [6.45, 7) is 6.25. The molecule has 8 nitrogen and oxygen atoms in total. The third-order valence-electron chi connectivity index (χ3n) is 6.11. The van der Waals surface area contributed by atoms with Crippen molar-refractivity contribution in [3.8, 4) is 11.8 Å². The van der Waals surface area contributed by atoms with E-state index in [0.29, 0.717) is 5.56 Å². The number of nitrogens with zero attached hydrogens (tertiary/aromatic N) is 3. The summed E-state index contributed by atoms with van der Waals surface area (Å²) < 4.78 is 0. The number of aromatic nitrogens is 2. The van der Waals surface area contributed by atoms with Gasteiger partial charge in [0, 0.05) is 12.6 Å². The van der Waals surface area contributed by atoms with Crippen LogP contribution in [-0.2, 0) is 18.4 Å². The summed E-state index contributed by atoms with van der Waals surface area (Å²) in [4.78, 5) is 33.5. The summed E-state index contributed by atoms with van der Waals surface area (Å²) in [5.41, 5.74) is 4.20. The Morgan fingerprint density at radius 1 is 1.09 bits per heavy atom. The molecule has 178 valence electrons. The number of carbonyl (C=O) groups is 2. The van der Waals surface area contributed by atoms with Gasteiger partial charge in [-0.15, -0.1) is 0 Å². The molecular formula is C27H27N5O3. The third-order valence-corrected chi connectivity index (χ3v) is 6.11. The van der Waals surface area contributed by atoms with Crippen LogP contribution in [0.25, 0.3) is 0 Å². The minimum absolute atomic E-state index is 0.0752. The van der Waals surface area contributed by atoms with Gasteiger partial charge in [0.1, 0.15) is 23.5 Å². The summed E-state index contributed by atoms with van der Waals surface area (Å²) >= 11 is 0. The van der Waals surface area contributed by atoms with E-state index in [2.05, 4.69) is 26.7 Å². The molecule has 0 saturated carbocycles. The van der Waals surface area contributed by atoms with Crippen molar-refractivity contribution >= 4 is 11.8 Å². The van der Waals surface area contributed by atoms with E-state index < -0.39 is 11.8 Å². The second kappa shape index (κ2) is 9.55. The molecule has 1 heterocycles. The molecule has 0 fully saturated rings. The minimum Gasteiger partial charge on any atom is -0.508 e. The number of aromatic hydroxyl groups is 1. The van der Waals surface area contributed by atoms with Crippen molar-refractivity contribution in [1.82, 2.24) is 20.6 Å². The smallest absolute Gasteiger partial charge is 0.270 e. The van der Waals surface area contributed by atoms with E-state index in [-0.39, 0.29) is 35.1 Å². The zero-order valence-corrected chi connectivity index (χ0v) is 19.9. The van der Waals surface area contributed by atoms with Crippen LogP contribution in [0, 0.1) is 11.3 Å². The van der Waals surface area contributed by atoms with E-state index in [1.165, 1.54) is 12.4 Å². The lowest BCUT2D eigenvalue weighted by atomic mass is 9.86. The normalized spacial score (nSPS) is 14.6. The molecule has 4 rings (SSSR count). The van der Waals surface area contributed by atoms with E-state index in [4.69, 9.17) is 5.26 Å². The molecule has 1 aromatic heterocycles. The quantitative estimate of drug-likeness (QED) is 0.523. The molecule has 3 aromatic rings. The van der Waals surface area contributed by atoms with Gasteiger partial charge < -0.3 is 15.7 Å². The number of nitriles is 1. The molecule has 0 spiro atoms. The van der Waals surface area contributed by atoms with E-state index in [0.717, 1.165) is 35.1 Å². The van der Waals surface area contributed by atoms with Crippen molar-refractivity contribution in [3.05, 3.63) is 88.0 Å². The summed E-state index contributed by atoms with van der Waals surface area (Å²) in [7, 11) is 0. The first-order chi connectivity index (χ1) is 16.7. The fraction of sp³-hybridized carbons (Fsp3) is 0.296. The highest BCUT2D eigenvalue weighted by molar-refractivity contribution is 5.97. The number of amides is 2. The fourth-order valence-electron chi connectivity index (χ4n) is 4.27. The lowest BCUT2D eigenvalue weighted by Crippen LogP contribution is -2.29. The number of hydrogen-bond acceptors (Lipinski definition) is 6. The number of benzene rings is 2. The van der Waals surface area contributed by atoms with E-state index in [9.17, 15) is 14.7 Å². The largest absolute Gasteiger partial charge is 0.508 e. The Kier molecular flexibility index (Phi) is 6.52. The lowest BCUT2D eigenvalue weighted by Gasteiger charge is -2.20. The van der Waals surface area contributed by atoms with Gasteiger partial charge in [-0.05, 0) is 58.7 Å². The van der Waals surface area contributed by atoms with Crippen LogP contribution in [-0.4, -0.2) is 26.9 Å². The standard InChI is InChI=1S/C27H27N5O3/c1-27(2,3)20-8-5-17(11-24(20)33)14-29-25(34)22-12-23(31-15-30-22)26(35)32-21-9-6-18-10-16(13-28)4-7-19(18)21/h4-5,7-8,10-12,15,21,33H,6,9,14H2,1-3H3,(H,29,34)(H,32,35)/t21-/m1/s1. The number of hydrogen-bond donors (Lipinski definition) is 3. The molecule has 35 heavy (non-hydrogen) atoms. The van der Waals surface area contributed by atoms with Crippen LogP contribution in [0.3, 0.4) is 0 Å². The molecule has 0 saturated heterocycles. The van der Waals surface area contributed by atoms with Crippen LogP contribution < -0.4 is 10.6 Å². The van der Waals surface area contributed by atoms with Crippen molar-refractivity contribution < 1.29 is 14.7 Å². The first kappa shape index (κ1) is 23.9. The van der Waals surface area contributed by atoms with Crippen LogP contribution in [0.2, 0.25) is 0 Å². The Labute approximate surface area is 204 Å². The second-order valence-corrected chi connectivity index (χ2v) is 9.66. The highest BCUT2D eigenvalue weighted by atomic mass is 16.3. The monoisotopic (exact) mass is 469 g/mol. The van der Waals surface area contributed by atoms with Crippen LogP contribution >= 0.6 is 0 Å². The molecule has 0 unspecified atom stereocenters. The van der Waals surface area contributed by atoms with Crippen molar-refractivity contribution in [2.75, 3.05) is 0 Å². The van der Waals surface area contributed by atoms with Crippen LogP contribution in [0.15, 0.2) is 48.8 Å². The third kappa shape index (κ3) is 5.30. The Balaban J connectivity index is 1.40. The zero-order chi connectivity index (χ0) is 25.2. The molecule has 0 aliphatic heterocycles. The molecule has 2 aromatic carbocycles. The molecule has 0 bridgehead atoms. The Bertz CT molecular complexity index is 1340. The Morgan fingerprint density at radius 2 is 1.83 bits per heavy atom. The Morgan fingerprint density at radius 3 is 2.51 bits per heavy atom. The van der Waals surface area contributed by atoms with Crippen LogP contribution in [0.4, 0.5) is 0 Å². The van der Waals surface area contributed by atoms with Crippen molar-refractivity contribution in [3.63, 3.8) is 0 Å². The molecule has 1 aliphatic rings. The number of fused-ring (bicyclic) bond motifs is 1. The number of phenolic OH excluding ortho intramolecular Hbond substituents is 1. The van der Waals surface area contributed by atoms with Gasteiger partial charge in [-0.1, -0.05) is 39.0 Å². The van der Waals surface area contributed by atoms with Gasteiger partial charge in [-0.2, -0.15) is 5.26 Å². The number of carbonyl (C=O) groups excluding carboxylic acids is 2. The van der Waals surface area contributed by atoms with Gasteiger partial charge in [-0.25, -0.2) is 9.97 Å². The topological polar surface area (TPSA) is 128 Å². The zero-order valence-electron chi connectivity index (χ0n) is 19.9. The summed E-state index contributed by atoms with van der Waals surface area (Å²) in [6.07, 6.45) is 2.70. The summed E-state index contributed by atoms with van der Waals surface area (Å²) in [5.74, 6) is -0.662. The molecule has 3 N–H and O–H groups in total. The van der Waals surface area contributed by atoms with Crippen LogP contribution in [0.5, 0.6) is 5.75 Å². The fourth-order valence-corrected chi connectivity index (χ4v) is 4.27. The van der Waals surface area contributed by atoms with E-state index in [1.54, 1.807) is 12.1 Å². The number of rotatable bonds is 5.